The van der Waals surface area contributed by atoms with Crippen molar-refractivity contribution >= 4 is 23.5 Å². The van der Waals surface area contributed by atoms with Gasteiger partial charge < -0.3 is 9.64 Å². The Morgan fingerprint density at radius 3 is 2.29 bits per heavy atom. The van der Waals surface area contributed by atoms with Crippen LogP contribution in [0.1, 0.15) is 38.3 Å². The summed E-state index contributed by atoms with van der Waals surface area (Å²) in [5, 5.41) is 0. The van der Waals surface area contributed by atoms with Crippen molar-refractivity contribution in [3.8, 4) is 5.75 Å². The molecular weight excluding hydrogens is 386 g/mol. The Morgan fingerprint density at radius 1 is 1.03 bits per heavy atom. The zero-order chi connectivity index (χ0) is 22.2. The van der Waals surface area contributed by atoms with Crippen molar-refractivity contribution in [3.05, 3.63) is 65.2 Å². The van der Waals surface area contributed by atoms with Crippen LogP contribution in [0.25, 0.3) is 6.08 Å². The monoisotopic (exact) mass is 419 g/mol. The molecule has 5 nitrogen and oxygen atoms in total. The lowest BCUT2D eigenvalue weighted by Crippen LogP contribution is -2.29. The topological polar surface area (TPSA) is 45.1 Å². The summed E-state index contributed by atoms with van der Waals surface area (Å²) in [6, 6.07) is 16.5. The van der Waals surface area contributed by atoms with Crippen LogP contribution in [-0.4, -0.2) is 49.9 Å². The van der Waals surface area contributed by atoms with E-state index in [1.807, 2.05) is 25.1 Å². The molecular formula is C26H33N3O2. The van der Waals surface area contributed by atoms with E-state index in [1.165, 1.54) is 11.3 Å². The highest BCUT2D eigenvalue weighted by atomic mass is 16.5. The van der Waals surface area contributed by atoms with E-state index in [0.29, 0.717) is 19.5 Å². The summed E-state index contributed by atoms with van der Waals surface area (Å²) < 4.78 is 5.21. The maximum Gasteiger partial charge on any atom is 0.255 e. The Kier molecular flexibility index (Phi) is 7.88. The number of carbonyl (C=O) groups excluding carboxylic acids is 1. The van der Waals surface area contributed by atoms with Crippen LogP contribution in [0.15, 0.2) is 59.1 Å². The van der Waals surface area contributed by atoms with Crippen molar-refractivity contribution in [3.63, 3.8) is 0 Å². The Labute approximate surface area is 186 Å². The van der Waals surface area contributed by atoms with Gasteiger partial charge in [-0.25, -0.2) is 0 Å². The smallest absolute Gasteiger partial charge is 0.255 e. The van der Waals surface area contributed by atoms with Gasteiger partial charge in [-0.2, -0.15) is 0 Å². The number of likely N-dealkylation sites (N-methyl/N-ethyl adjacent to an activating group) is 1. The zero-order valence-electron chi connectivity index (χ0n) is 19.1. The highest BCUT2D eigenvalue weighted by Gasteiger charge is 2.30. The molecule has 0 radical (unpaired) electrons. The second-order valence-corrected chi connectivity index (χ2v) is 7.56. The molecule has 0 aromatic heterocycles. The van der Waals surface area contributed by atoms with Gasteiger partial charge >= 0.3 is 0 Å². The summed E-state index contributed by atoms with van der Waals surface area (Å²) >= 11 is 0. The standard InChI is InChI=1S/C26H33N3O2/c1-5-28(6-2)23-12-8-21(9-13-23)18-22-19-25(29(7-3)26(22)30)27-17-16-20-10-14-24(31-4)15-11-20/h8-15,18H,5-7,16-17,19H2,1-4H3/b22-18-,27-25?. The molecule has 0 unspecified atom stereocenters. The lowest BCUT2D eigenvalue weighted by Gasteiger charge is -2.20. The maximum absolute atomic E-state index is 12.9. The Hall–Kier alpha value is -3.08. The number of amides is 1. The van der Waals surface area contributed by atoms with Crippen LogP contribution >= 0.6 is 0 Å². The van der Waals surface area contributed by atoms with Crippen LogP contribution < -0.4 is 9.64 Å². The van der Waals surface area contributed by atoms with Crippen LogP contribution in [0.2, 0.25) is 0 Å². The normalized spacial score (nSPS) is 16.4. The Bertz CT molecular complexity index is 926. The SMILES string of the molecule is CCN1C(=O)/C(=C\c2ccc(N(CC)CC)cc2)CC1=NCCc1ccc(OC)cc1. The van der Waals surface area contributed by atoms with E-state index in [2.05, 4.69) is 55.1 Å². The average Bonchev–Trinajstić information content (AvgIpc) is 3.10. The summed E-state index contributed by atoms with van der Waals surface area (Å²) in [6.45, 7) is 9.58. The minimum atomic E-state index is 0.0681. The van der Waals surface area contributed by atoms with E-state index in [-0.39, 0.29) is 5.91 Å². The van der Waals surface area contributed by atoms with E-state index < -0.39 is 0 Å². The molecule has 164 valence electrons. The van der Waals surface area contributed by atoms with Gasteiger partial charge in [-0.05, 0) is 68.7 Å². The summed E-state index contributed by atoms with van der Waals surface area (Å²) in [4.78, 5) is 21.7. The molecule has 0 N–H and O–H groups in total. The van der Waals surface area contributed by atoms with E-state index in [9.17, 15) is 4.79 Å². The molecule has 1 saturated heterocycles. The van der Waals surface area contributed by atoms with Gasteiger partial charge in [0, 0.05) is 43.9 Å². The molecule has 1 heterocycles. The number of aliphatic imine (C=N–C) groups is 1. The molecule has 5 heteroatoms. The summed E-state index contributed by atoms with van der Waals surface area (Å²) in [5.41, 5.74) is 4.28. The first-order chi connectivity index (χ1) is 15.1. The van der Waals surface area contributed by atoms with Crippen LogP contribution in [-0.2, 0) is 11.2 Å². The summed E-state index contributed by atoms with van der Waals surface area (Å²) in [6.07, 6.45) is 3.43. The first kappa shape index (κ1) is 22.6. The third-order valence-electron chi connectivity index (χ3n) is 5.71. The molecule has 1 aliphatic rings. The van der Waals surface area contributed by atoms with Gasteiger partial charge in [-0.15, -0.1) is 0 Å². The number of nitrogens with zero attached hydrogens (tertiary/aromatic N) is 3. The van der Waals surface area contributed by atoms with Crippen molar-refractivity contribution < 1.29 is 9.53 Å². The number of carbonyl (C=O) groups is 1. The third kappa shape index (κ3) is 5.54. The molecule has 0 spiro atoms. The average molecular weight is 420 g/mol. The molecule has 0 saturated carbocycles. The molecule has 2 aromatic carbocycles. The first-order valence-electron chi connectivity index (χ1n) is 11.1. The number of anilines is 1. The molecule has 31 heavy (non-hydrogen) atoms. The van der Waals surface area contributed by atoms with Gasteiger partial charge in [0.25, 0.3) is 5.91 Å². The number of likely N-dealkylation sites (tertiary alicyclic amines) is 1. The van der Waals surface area contributed by atoms with Crippen molar-refractivity contribution in [2.24, 2.45) is 4.99 Å². The quantitative estimate of drug-likeness (QED) is 0.548. The summed E-state index contributed by atoms with van der Waals surface area (Å²) in [5.74, 6) is 1.79. The number of ether oxygens (including phenoxy) is 1. The lowest BCUT2D eigenvalue weighted by molar-refractivity contribution is -0.122. The minimum absolute atomic E-state index is 0.0681. The molecule has 1 fully saturated rings. The van der Waals surface area contributed by atoms with Crippen molar-refractivity contribution in [2.45, 2.75) is 33.6 Å². The predicted molar refractivity (Wildman–Crippen MR) is 129 cm³/mol. The fourth-order valence-corrected chi connectivity index (χ4v) is 3.89. The fourth-order valence-electron chi connectivity index (χ4n) is 3.89. The van der Waals surface area contributed by atoms with Gasteiger partial charge in [0.05, 0.1) is 7.11 Å². The van der Waals surface area contributed by atoms with Gasteiger partial charge in [0.1, 0.15) is 11.6 Å². The van der Waals surface area contributed by atoms with Gasteiger partial charge in [-0.3, -0.25) is 14.7 Å². The van der Waals surface area contributed by atoms with Crippen molar-refractivity contribution in [2.75, 3.05) is 38.2 Å². The maximum atomic E-state index is 12.9. The van der Waals surface area contributed by atoms with Gasteiger partial charge in [-0.1, -0.05) is 24.3 Å². The number of methoxy groups -OCH3 is 1. The molecule has 2 aromatic rings. The van der Waals surface area contributed by atoms with Crippen molar-refractivity contribution in [1.29, 1.82) is 0 Å². The number of rotatable bonds is 9. The third-order valence-corrected chi connectivity index (χ3v) is 5.71. The second kappa shape index (κ2) is 10.8. The fraction of sp³-hybridized carbons (Fsp3) is 0.385. The molecule has 1 aliphatic heterocycles. The zero-order valence-corrected chi connectivity index (χ0v) is 19.1. The first-order valence-corrected chi connectivity index (χ1v) is 11.1. The van der Waals surface area contributed by atoms with Gasteiger partial charge in [0.15, 0.2) is 0 Å². The predicted octanol–water partition coefficient (Wildman–Crippen LogP) is 4.82. The molecule has 0 atom stereocenters. The highest BCUT2D eigenvalue weighted by Crippen LogP contribution is 2.24. The minimum Gasteiger partial charge on any atom is -0.497 e. The molecule has 0 bridgehead atoms. The van der Waals surface area contributed by atoms with E-state index in [0.717, 1.165) is 42.2 Å². The van der Waals surface area contributed by atoms with E-state index in [4.69, 9.17) is 9.73 Å². The second-order valence-electron chi connectivity index (χ2n) is 7.56. The molecule has 0 aliphatic carbocycles. The largest absolute Gasteiger partial charge is 0.497 e. The van der Waals surface area contributed by atoms with E-state index in [1.54, 1.807) is 12.0 Å². The van der Waals surface area contributed by atoms with Gasteiger partial charge in [0.2, 0.25) is 0 Å². The van der Waals surface area contributed by atoms with Crippen LogP contribution in [0.3, 0.4) is 0 Å². The van der Waals surface area contributed by atoms with Crippen LogP contribution in [0.4, 0.5) is 5.69 Å². The Morgan fingerprint density at radius 2 is 1.71 bits per heavy atom. The number of amidine groups is 1. The Balaban J connectivity index is 1.69. The lowest BCUT2D eigenvalue weighted by atomic mass is 10.1. The van der Waals surface area contributed by atoms with Crippen LogP contribution in [0, 0.1) is 0 Å². The summed E-state index contributed by atoms with van der Waals surface area (Å²) in [7, 11) is 1.67. The number of hydrogen-bond acceptors (Lipinski definition) is 4. The number of hydrogen-bond donors (Lipinski definition) is 0. The highest BCUT2D eigenvalue weighted by molar-refractivity contribution is 6.17. The van der Waals surface area contributed by atoms with Crippen LogP contribution in [0.5, 0.6) is 5.75 Å². The molecule has 1 amide bonds. The van der Waals surface area contributed by atoms with Crippen molar-refractivity contribution in [1.82, 2.24) is 4.90 Å². The molecule has 3 rings (SSSR count). The number of benzene rings is 2. The van der Waals surface area contributed by atoms with E-state index >= 15 is 0 Å².